The second-order valence-corrected chi connectivity index (χ2v) is 6.57. The summed E-state index contributed by atoms with van der Waals surface area (Å²) in [5.41, 5.74) is 6.80. The number of piperazine rings is 1. The number of benzene rings is 1. The summed E-state index contributed by atoms with van der Waals surface area (Å²) < 4.78 is 0.994. The second-order valence-electron chi connectivity index (χ2n) is 5.25. The third-order valence-electron chi connectivity index (χ3n) is 3.91. The van der Waals surface area contributed by atoms with Gasteiger partial charge in [0.05, 0.1) is 6.04 Å². The van der Waals surface area contributed by atoms with Crippen molar-refractivity contribution < 1.29 is 5.21 Å². The first-order valence-corrected chi connectivity index (χ1v) is 8.06. The minimum absolute atomic E-state index is 0.0339. The molecule has 3 N–H and O–H groups in total. The van der Waals surface area contributed by atoms with E-state index in [-0.39, 0.29) is 11.9 Å². The van der Waals surface area contributed by atoms with Gasteiger partial charge in [0, 0.05) is 42.2 Å². The van der Waals surface area contributed by atoms with E-state index >= 15 is 0 Å². The highest BCUT2D eigenvalue weighted by molar-refractivity contribution is 9.10. The van der Waals surface area contributed by atoms with Crippen molar-refractivity contribution in [2.24, 2.45) is 10.9 Å². The van der Waals surface area contributed by atoms with Crippen LogP contribution in [0, 0.1) is 0 Å². The first-order valence-electron chi connectivity index (χ1n) is 6.89. The van der Waals surface area contributed by atoms with Crippen LogP contribution in [0.4, 0.5) is 0 Å². The van der Waals surface area contributed by atoms with E-state index < -0.39 is 0 Å². The average Bonchev–Trinajstić information content (AvgIpc) is 2.49. The predicted octanol–water partition coefficient (Wildman–Crippen LogP) is 2.36. The number of oxime groups is 1. The van der Waals surface area contributed by atoms with Crippen LogP contribution < -0.4 is 5.73 Å². The van der Waals surface area contributed by atoms with Crippen molar-refractivity contribution in [3.63, 3.8) is 0 Å². The molecule has 1 aliphatic heterocycles. The molecule has 1 fully saturated rings. The Morgan fingerprint density at radius 3 is 2.67 bits per heavy atom. The zero-order chi connectivity index (χ0) is 15.4. The van der Waals surface area contributed by atoms with Crippen LogP contribution in [0.25, 0.3) is 0 Å². The fourth-order valence-electron chi connectivity index (χ4n) is 2.47. The molecule has 21 heavy (non-hydrogen) atoms. The summed E-state index contributed by atoms with van der Waals surface area (Å²) in [5, 5.41) is 12.6. The molecule has 0 saturated carbocycles. The van der Waals surface area contributed by atoms with Crippen LogP contribution in [0.2, 0.25) is 5.02 Å². The highest BCUT2D eigenvalue weighted by Gasteiger charge is 2.23. The summed E-state index contributed by atoms with van der Waals surface area (Å²) in [5.74, 6) is 0.263. The Morgan fingerprint density at radius 2 is 2.10 bits per heavy atom. The van der Waals surface area contributed by atoms with Gasteiger partial charge in [-0.2, -0.15) is 0 Å². The Balaban J connectivity index is 1.89. The number of hydrogen-bond donors (Lipinski definition) is 2. The maximum absolute atomic E-state index is 8.74. The summed E-state index contributed by atoms with van der Waals surface area (Å²) in [6.07, 6.45) is 0. The number of nitrogens with zero attached hydrogens (tertiary/aromatic N) is 3. The SMILES string of the molecule is CC(/C(N)=N/O)N1CCN(Cc2ccc(Br)cc2Cl)CC1. The van der Waals surface area contributed by atoms with Gasteiger partial charge in [0.1, 0.15) is 0 Å². The number of nitrogens with two attached hydrogens (primary N) is 1. The molecule has 0 aliphatic carbocycles. The van der Waals surface area contributed by atoms with E-state index in [0.29, 0.717) is 0 Å². The molecule has 116 valence electrons. The summed E-state index contributed by atoms with van der Waals surface area (Å²) in [4.78, 5) is 4.58. The van der Waals surface area contributed by atoms with Crippen LogP contribution in [0.1, 0.15) is 12.5 Å². The molecule has 0 aromatic heterocycles. The molecule has 2 rings (SSSR count). The third kappa shape index (κ3) is 4.32. The fourth-order valence-corrected chi connectivity index (χ4v) is 3.20. The molecule has 7 heteroatoms. The smallest absolute Gasteiger partial charge is 0.156 e. The molecule has 0 spiro atoms. The van der Waals surface area contributed by atoms with Crippen LogP contribution in [0.3, 0.4) is 0 Å². The lowest BCUT2D eigenvalue weighted by Gasteiger charge is -2.37. The van der Waals surface area contributed by atoms with Crippen LogP contribution in [0.5, 0.6) is 0 Å². The minimum Gasteiger partial charge on any atom is -0.409 e. The molecule has 1 aliphatic rings. The molecule has 1 unspecified atom stereocenters. The van der Waals surface area contributed by atoms with Gasteiger partial charge in [0.25, 0.3) is 0 Å². The quantitative estimate of drug-likeness (QED) is 0.367. The summed E-state index contributed by atoms with van der Waals surface area (Å²) >= 11 is 9.68. The van der Waals surface area contributed by atoms with Crippen LogP contribution >= 0.6 is 27.5 Å². The number of hydrogen-bond acceptors (Lipinski definition) is 4. The average molecular weight is 376 g/mol. The molecule has 1 atom stereocenters. The van der Waals surface area contributed by atoms with Gasteiger partial charge in [-0.1, -0.05) is 38.8 Å². The monoisotopic (exact) mass is 374 g/mol. The largest absolute Gasteiger partial charge is 0.409 e. The lowest BCUT2D eigenvalue weighted by molar-refractivity contribution is 0.116. The van der Waals surface area contributed by atoms with E-state index in [1.807, 2.05) is 19.1 Å². The van der Waals surface area contributed by atoms with Crippen molar-refractivity contribution in [3.05, 3.63) is 33.3 Å². The predicted molar refractivity (Wildman–Crippen MR) is 88.9 cm³/mol. The normalized spacial score (nSPS) is 19.7. The Hall–Kier alpha value is -0.820. The zero-order valence-electron chi connectivity index (χ0n) is 12.0. The number of halogens is 2. The van der Waals surface area contributed by atoms with Crippen LogP contribution in [-0.2, 0) is 6.54 Å². The second kappa shape index (κ2) is 7.45. The van der Waals surface area contributed by atoms with Crippen molar-refractivity contribution in [1.29, 1.82) is 0 Å². The van der Waals surface area contributed by atoms with Crippen LogP contribution in [-0.4, -0.2) is 53.1 Å². The Morgan fingerprint density at radius 1 is 1.43 bits per heavy atom. The van der Waals surface area contributed by atoms with E-state index in [1.165, 1.54) is 0 Å². The topological polar surface area (TPSA) is 65.1 Å². The van der Waals surface area contributed by atoms with Gasteiger partial charge in [-0.25, -0.2) is 0 Å². The molecule has 0 amide bonds. The standard InChI is InChI=1S/C14H20BrClN4O/c1-10(14(17)18-21)20-6-4-19(5-7-20)9-11-2-3-12(15)8-13(11)16/h2-3,8,10,21H,4-7,9H2,1H3,(H2,17,18). The first kappa shape index (κ1) is 16.5. The molecule has 1 saturated heterocycles. The molecule has 5 nitrogen and oxygen atoms in total. The van der Waals surface area contributed by atoms with Crippen molar-refractivity contribution in [2.45, 2.75) is 19.5 Å². The first-order chi connectivity index (χ1) is 10.0. The van der Waals surface area contributed by atoms with Gasteiger partial charge in [-0.3, -0.25) is 9.80 Å². The van der Waals surface area contributed by atoms with Crippen molar-refractivity contribution in [1.82, 2.24) is 9.80 Å². The van der Waals surface area contributed by atoms with Crippen LogP contribution in [0.15, 0.2) is 27.8 Å². The molecule has 1 heterocycles. The van der Waals surface area contributed by atoms with Crippen molar-refractivity contribution >= 4 is 33.4 Å². The summed E-state index contributed by atoms with van der Waals surface area (Å²) in [7, 11) is 0. The Bertz CT molecular complexity index is 518. The van der Waals surface area contributed by atoms with Gasteiger partial charge in [-0.05, 0) is 24.6 Å². The Labute approximate surface area is 138 Å². The maximum atomic E-state index is 8.74. The highest BCUT2D eigenvalue weighted by atomic mass is 79.9. The van der Waals surface area contributed by atoms with Gasteiger partial charge in [0.2, 0.25) is 0 Å². The van der Waals surface area contributed by atoms with E-state index in [2.05, 4.69) is 37.0 Å². The van der Waals surface area contributed by atoms with Gasteiger partial charge in [0.15, 0.2) is 5.84 Å². The zero-order valence-corrected chi connectivity index (χ0v) is 14.3. The molecular weight excluding hydrogens is 356 g/mol. The number of rotatable bonds is 4. The van der Waals surface area contributed by atoms with Crippen molar-refractivity contribution in [3.8, 4) is 0 Å². The lowest BCUT2D eigenvalue weighted by atomic mass is 10.1. The highest BCUT2D eigenvalue weighted by Crippen LogP contribution is 2.23. The molecule has 0 bridgehead atoms. The van der Waals surface area contributed by atoms with E-state index in [0.717, 1.165) is 47.8 Å². The molecule has 1 aromatic carbocycles. The molecule has 1 aromatic rings. The van der Waals surface area contributed by atoms with E-state index in [4.69, 9.17) is 22.5 Å². The maximum Gasteiger partial charge on any atom is 0.156 e. The number of amidine groups is 1. The fraction of sp³-hybridized carbons (Fsp3) is 0.500. The third-order valence-corrected chi connectivity index (χ3v) is 4.75. The minimum atomic E-state index is -0.0339. The molecular formula is C14H20BrClN4O. The molecule has 0 radical (unpaired) electrons. The van der Waals surface area contributed by atoms with E-state index in [1.54, 1.807) is 0 Å². The van der Waals surface area contributed by atoms with E-state index in [9.17, 15) is 0 Å². The summed E-state index contributed by atoms with van der Waals surface area (Å²) in [6.45, 7) is 6.47. The van der Waals surface area contributed by atoms with Crippen molar-refractivity contribution in [2.75, 3.05) is 26.2 Å². The van der Waals surface area contributed by atoms with Gasteiger partial charge < -0.3 is 10.9 Å². The summed E-state index contributed by atoms with van der Waals surface area (Å²) in [6, 6.07) is 5.96. The van der Waals surface area contributed by atoms with Gasteiger partial charge >= 0.3 is 0 Å². The van der Waals surface area contributed by atoms with Gasteiger partial charge in [-0.15, -0.1) is 0 Å². The lowest BCUT2D eigenvalue weighted by Crippen LogP contribution is -2.52. The Kier molecular flexibility index (Phi) is 5.87.